The summed E-state index contributed by atoms with van der Waals surface area (Å²) in [7, 11) is 4.20. The third-order valence-corrected chi connectivity index (χ3v) is 3.02. The molecule has 0 rings (SSSR count). The van der Waals surface area contributed by atoms with Crippen LogP contribution in [0.3, 0.4) is 0 Å². The Morgan fingerprint density at radius 2 is 2.08 bits per heavy atom. The topological polar surface area (TPSA) is 23.5 Å². The highest BCUT2D eigenvalue weighted by atomic mass is 32.2. The van der Waals surface area contributed by atoms with Crippen molar-refractivity contribution in [3.05, 3.63) is 0 Å². The van der Waals surface area contributed by atoms with E-state index in [4.69, 9.17) is 5.11 Å². The van der Waals surface area contributed by atoms with E-state index >= 15 is 0 Å². The Balaban J connectivity index is 3.08. The fraction of sp³-hybridized carbons (Fsp3) is 1.00. The zero-order valence-electron chi connectivity index (χ0n) is 8.42. The molecule has 0 saturated carbocycles. The van der Waals surface area contributed by atoms with Gasteiger partial charge in [0, 0.05) is 11.9 Å². The minimum atomic E-state index is 0.321. The van der Waals surface area contributed by atoms with E-state index in [1.807, 2.05) is 11.8 Å². The summed E-state index contributed by atoms with van der Waals surface area (Å²) in [5, 5.41) is 9.27. The van der Waals surface area contributed by atoms with Crippen LogP contribution in [0.15, 0.2) is 0 Å². The molecule has 12 heavy (non-hydrogen) atoms. The molecule has 0 spiro atoms. The molecule has 2 nitrogen and oxygen atoms in total. The highest BCUT2D eigenvalue weighted by Crippen LogP contribution is 2.14. The average Bonchev–Trinajstić information content (AvgIpc) is 1.98. The SMILES string of the molecule is CC(CCO)SCCCN(C)C. The lowest BCUT2D eigenvalue weighted by atomic mass is 10.3. The fourth-order valence-electron chi connectivity index (χ4n) is 0.930. The van der Waals surface area contributed by atoms with Gasteiger partial charge < -0.3 is 10.0 Å². The van der Waals surface area contributed by atoms with Gasteiger partial charge in [-0.15, -0.1) is 0 Å². The van der Waals surface area contributed by atoms with Crippen molar-refractivity contribution in [2.45, 2.75) is 25.0 Å². The van der Waals surface area contributed by atoms with Gasteiger partial charge in [-0.3, -0.25) is 0 Å². The number of aliphatic hydroxyl groups is 1. The Morgan fingerprint density at radius 1 is 1.42 bits per heavy atom. The first-order valence-electron chi connectivity index (χ1n) is 4.54. The molecule has 74 valence electrons. The lowest BCUT2D eigenvalue weighted by Crippen LogP contribution is -2.14. The molecular formula is C9H21NOS. The van der Waals surface area contributed by atoms with Crippen molar-refractivity contribution in [1.29, 1.82) is 0 Å². The molecule has 0 aliphatic rings. The minimum Gasteiger partial charge on any atom is -0.396 e. The molecule has 0 saturated heterocycles. The van der Waals surface area contributed by atoms with Gasteiger partial charge in [0.1, 0.15) is 0 Å². The fourth-order valence-corrected chi connectivity index (χ4v) is 1.90. The van der Waals surface area contributed by atoms with Gasteiger partial charge in [-0.2, -0.15) is 11.8 Å². The summed E-state index contributed by atoms with van der Waals surface area (Å²) >= 11 is 1.96. The van der Waals surface area contributed by atoms with E-state index in [1.165, 1.54) is 18.7 Å². The van der Waals surface area contributed by atoms with Crippen LogP contribution in [0.2, 0.25) is 0 Å². The van der Waals surface area contributed by atoms with Crippen LogP contribution in [-0.2, 0) is 0 Å². The second-order valence-corrected chi connectivity index (χ2v) is 4.90. The molecule has 0 aliphatic heterocycles. The number of rotatable bonds is 7. The van der Waals surface area contributed by atoms with Gasteiger partial charge in [-0.25, -0.2) is 0 Å². The van der Waals surface area contributed by atoms with Gasteiger partial charge >= 0.3 is 0 Å². The maximum absolute atomic E-state index is 8.66. The Morgan fingerprint density at radius 3 is 2.58 bits per heavy atom. The first-order chi connectivity index (χ1) is 5.66. The lowest BCUT2D eigenvalue weighted by Gasteiger charge is -2.11. The molecule has 0 aliphatic carbocycles. The zero-order valence-corrected chi connectivity index (χ0v) is 9.23. The van der Waals surface area contributed by atoms with Crippen LogP contribution in [-0.4, -0.2) is 48.3 Å². The molecule has 0 heterocycles. The molecule has 0 aromatic heterocycles. The third-order valence-electron chi connectivity index (χ3n) is 1.69. The number of nitrogens with zero attached hydrogens (tertiary/aromatic N) is 1. The summed E-state index contributed by atoms with van der Waals surface area (Å²) in [6, 6.07) is 0. The van der Waals surface area contributed by atoms with Crippen LogP contribution in [0.25, 0.3) is 0 Å². The summed E-state index contributed by atoms with van der Waals surface area (Å²) in [6.07, 6.45) is 2.17. The largest absolute Gasteiger partial charge is 0.396 e. The van der Waals surface area contributed by atoms with Gasteiger partial charge in [0.2, 0.25) is 0 Å². The molecule has 1 unspecified atom stereocenters. The molecule has 0 bridgehead atoms. The number of thioether (sulfide) groups is 1. The molecule has 0 fully saturated rings. The quantitative estimate of drug-likeness (QED) is 0.616. The van der Waals surface area contributed by atoms with Crippen molar-refractivity contribution in [2.24, 2.45) is 0 Å². The highest BCUT2D eigenvalue weighted by molar-refractivity contribution is 7.99. The summed E-state index contributed by atoms with van der Waals surface area (Å²) in [4.78, 5) is 2.21. The average molecular weight is 191 g/mol. The van der Waals surface area contributed by atoms with Crippen molar-refractivity contribution in [3.8, 4) is 0 Å². The first-order valence-corrected chi connectivity index (χ1v) is 5.59. The van der Waals surface area contributed by atoms with Crippen LogP contribution in [0, 0.1) is 0 Å². The van der Waals surface area contributed by atoms with Gasteiger partial charge in [-0.1, -0.05) is 6.92 Å². The maximum Gasteiger partial charge on any atom is 0.0441 e. The monoisotopic (exact) mass is 191 g/mol. The molecule has 0 amide bonds. The van der Waals surface area contributed by atoms with E-state index in [-0.39, 0.29) is 0 Å². The van der Waals surface area contributed by atoms with E-state index in [0.717, 1.165) is 6.42 Å². The summed E-state index contributed by atoms with van der Waals surface area (Å²) in [5.41, 5.74) is 0. The van der Waals surface area contributed by atoms with Crippen LogP contribution in [0.5, 0.6) is 0 Å². The van der Waals surface area contributed by atoms with E-state index in [9.17, 15) is 0 Å². The molecule has 1 atom stereocenters. The molecule has 3 heteroatoms. The maximum atomic E-state index is 8.66. The molecule has 0 aromatic carbocycles. The first kappa shape index (κ1) is 12.3. The van der Waals surface area contributed by atoms with E-state index in [0.29, 0.717) is 11.9 Å². The Hall–Kier alpha value is 0.270. The number of hydrogen-bond acceptors (Lipinski definition) is 3. The summed E-state index contributed by atoms with van der Waals surface area (Å²) < 4.78 is 0. The Bertz CT molecular complexity index is 98.5. The molecule has 0 radical (unpaired) electrons. The van der Waals surface area contributed by atoms with Crippen molar-refractivity contribution < 1.29 is 5.11 Å². The van der Waals surface area contributed by atoms with Crippen molar-refractivity contribution in [1.82, 2.24) is 4.90 Å². The Labute approximate surface area is 80.3 Å². The molecule has 1 N–H and O–H groups in total. The van der Waals surface area contributed by atoms with Gasteiger partial charge in [0.05, 0.1) is 0 Å². The number of aliphatic hydroxyl groups excluding tert-OH is 1. The van der Waals surface area contributed by atoms with E-state index in [1.54, 1.807) is 0 Å². The standard InChI is InChI=1S/C9H21NOS/c1-9(5-7-11)12-8-4-6-10(2)3/h9,11H,4-8H2,1-3H3. The predicted octanol–water partition coefficient (Wildman–Crippen LogP) is 1.44. The second-order valence-electron chi connectivity index (χ2n) is 3.35. The van der Waals surface area contributed by atoms with Gasteiger partial charge in [0.15, 0.2) is 0 Å². The molecule has 0 aromatic rings. The predicted molar refractivity (Wildman–Crippen MR) is 56.8 cm³/mol. The smallest absolute Gasteiger partial charge is 0.0441 e. The normalized spacial score (nSPS) is 13.8. The highest BCUT2D eigenvalue weighted by Gasteiger charge is 2.00. The third kappa shape index (κ3) is 8.37. The van der Waals surface area contributed by atoms with E-state index in [2.05, 4.69) is 25.9 Å². The molecular weight excluding hydrogens is 170 g/mol. The number of hydrogen-bond donors (Lipinski definition) is 1. The van der Waals surface area contributed by atoms with Crippen molar-refractivity contribution in [2.75, 3.05) is 33.0 Å². The summed E-state index contributed by atoms with van der Waals surface area (Å²) in [5.74, 6) is 1.21. The van der Waals surface area contributed by atoms with E-state index < -0.39 is 0 Å². The van der Waals surface area contributed by atoms with Crippen molar-refractivity contribution in [3.63, 3.8) is 0 Å². The van der Waals surface area contributed by atoms with Crippen molar-refractivity contribution >= 4 is 11.8 Å². The minimum absolute atomic E-state index is 0.321. The van der Waals surface area contributed by atoms with Crippen LogP contribution in [0.1, 0.15) is 19.8 Å². The van der Waals surface area contributed by atoms with Crippen LogP contribution < -0.4 is 0 Å². The van der Waals surface area contributed by atoms with Crippen LogP contribution in [0.4, 0.5) is 0 Å². The summed E-state index contributed by atoms with van der Waals surface area (Å²) in [6.45, 7) is 3.66. The van der Waals surface area contributed by atoms with Crippen LogP contribution >= 0.6 is 11.8 Å². The van der Waals surface area contributed by atoms with Gasteiger partial charge in [-0.05, 0) is 39.2 Å². The zero-order chi connectivity index (χ0) is 9.40. The lowest BCUT2D eigenvalue weighted by molar-refractivity contribution is 0.289. The Kier molecular flexibility index (Phi) is 8.07. The second kappa shape index (κ2) is 7.90. The van der Waals surface area contributed by atoms with Gasteiger partial charge in [0.25, 0.3) is 0 Å².